The monoisotopic (exact) mass is 491 g/mol. The molecule has 8 atom stereocenters. The first-order valence-corrected chi connectivity index (χ1v) is 13.5. The smallest absolute Gasteiger partial charge is 0.338 e. The molecule has 1 aromatic carbocycles. The van der Waals surface area contributed by atoms with E-state index >= 15 is 0 Å². The third-order valence-corrected chi connectivity index (χ3v) is 10.6. The molecular weight excluding hydrogens is 454 g/mol. The predicted octanol–water partition coefficient (Wildman–Crippen LogP) is 5.86. The van der Waals surface area contributed by atoms with Gasteiger partial charge in [-0.1, -0.05) is 48.9 Å². The quantitative estimate of drug-likeness (QED) is 0.132. The summed E-state index contributed by atoms with van der Waals surface area (Å²) in [5, 5.41) is 4.18. The van der Waals surface area contributed by atoms with E-state index in [9.17, 15) is 9.59 Å². The summed E-state index contributed by atoms with van der Waals surface area (Å²) in [5.41, 5.74) is 2.72. The molecule has 1 aromatic rings. The summed E-state index contributed by atoms with van der Waals surface area (Å²) in [6.07, 6.45) is 9.84. The number of allylic oxidation sites excluding steroid dienone is 1. The van der Waals surface area contributed by atoms with Crippen LogP contribution >= 0.6 is 0 Å². The zero-order valence-electron chi connectivity index (χ0n) is 21.8. The lowest BCUT2D eigenvalue weighted by molar-refractivity contribution is -0.141. The minimum absolute atomic E-state index is 0.0106. The van der Waals surface area contributed by atoms with E-state index < -0.39 is 5.97 Å². The number of nitrogens with zero attached hydrogens (tertiary/aromatic N) is 1. The third-order valence-electron chi connectivity index (χ3n) is 10.6. The van der Waals surface area contributed by atoms with Crippen LogP contribution in [0.2, 0.25) is 0 Å². The van der Waals surface area contributed by atoms with Gasteiger partial charge in [0.2, 0.25) is 0 Å². The summed E-state index contributed by atoms with van der Waals surface area (Å²) in [5.74, 6) is 1.22. The molecule has 4 aliphatic carbocycles. The van der Waals surface area contributed by atoms with Gasteiger partial charge in [0, 0.05) is 18.8 Å². The van der Waals surface area contributed by atoms with Gasteiger partial charge in [-0.05, 0) is 80.8 Å². The number of carbonyl (C=O) groups excluding carboxylic acids is 2. The number of fused-ring (bicyclic) bond motifs is 7. The zero-order valence-corrected chi connectivity index (χ0v) is 21.8. The highest BCUT2D eigenvalue weighted by Crippen LogP contribution is 2.73. The first-order chi connectivity index (χ1) is 17.2. The lowest BCUT2D eigenvalue weighted by Crippen LogP contribution is -2.54. The van der Waals surface area contributed by atoms with Crippen molar-refractivity contribution in [3.63, 3.8) is 0 Å². The molecule has 0 N–H and O–H groups in total. The number of esters is 1. The van der Waals surface area contributed by atoms with Crippen LogP contribution in [-0.4, -0.2) is 35.5 Å². The molecule has 6 nitrogen and oxygen atoms in total. The predicted molar refractivity (Wildman–Crippen MR) is 135 cm³/mol. The lowest BCUT2D eigenvalue weighted by Gasteiger charge is -2.58. The molecule has 1 heterocycles. The number of rotatable bonds is 4. The number of benzene rings is 1. The topological polar surface area (TPSA) is 77.5 Å². The summed E-state index contributed by atoms with van der Waals surface area (Å²) in [7, 11) is 0. The molecule has 192 valence electrons. The van der Waals surface area contributed by atoms with E-state index in [0.717, 1.165) is 44.2 Å². The zero-order chi connectivity index (χ0) is 25.3. The van der Waals surface area contributed by atoms with Gasteiger partial charge in [0.05, 0.1) is 17.4 Å². The fourth-order valence-electron chi connectivity index (χ4n) is 8.81. The van der Waals surface area contributed by atoms with Gasteiger partial charge in [0.25, 0.3) is 0 Å². The second-order valence-corrected chi connectivity index (χ2v) is 12.2. The average molecular weight is 492 g/mol. The number of oxime groups is 1. The van der Waals surface area contributed by atoms with E-state index in [-0.39, 0.29) is 34.6 Å². The largest absolute Gasteiger partial charge is 0.458 e. The Morgan fingerprint density at radius 1 is 1.06 bits per heavy atom. The highest BCUT2D eigenvalue weighted by Gasteiger charge is 2.78. The molecule has 3 saturated carbocycles. The average Bonchev–Trinajstić information content (AvgIpc) is 3.54. The number of carbonyl (C=O) groups is 2. The van der Waals surface area contributed by atoms with Crippen LogP contribution in [0.3, 0.4) is 0 Å². The van der Waals surface area contributed by atoms with Gasteiger partial charge < -0.3 is 14.3 Å². The maximum Gasteiger partial charge on any atom is 0.338 e. The molecule has 6 rings (SSSR count). The Morgan fingerprint density at radius 2 is 1.83 bits per heavy atom. The van der Waals surface area contributed by atoms with E-state index in [1.54, 1.807) is 0 Å². The second-order valence-electron chi connectivity index (χ2n) is 12.2. The first-order valence-electron chi connectivity index (χ1n) is 13.5. The van der Waals surface area contributed by atoms with Crippen molar-refractivity contribution in [1.82, 2.24) is 0 Å². The lowest BCUT2D eigenvalue weighted by atomic mass is 9.47. The van der Waals surface area contributed by atoms with Gasteiger partial charge in [-0.2, -0.15) is 0 Å². The molecular formula is C30H37NO5. The van der Waals surface area contributed by atoms with Crippen molar-refractivity contribution in [2.45, 2.75) is 90.4 Å². The van der Waals surface area contributed by atoms with Crippen LogP contribution in [0.4, 0.5) is 0 Å². The molecule has 0 spiro atoms. The van der Waals surface area contributed by atoms with Crippen LogP contribution in [0, 0.1) is 28.6 Å². The highest BCUT2D eigenvalue weighted by molar-refractivity contribution is 5.95. The standard InChI is InChI=1S/C30H37NO5/c1-18(31-36-19(2)32)30-26(35-30)17-25-23-11-10-21-16-22(34-27(33)20-8-6-5-7-9-20)12-14-28(21,3)24(23)13-15-29(25,30)4/h5-10,22-26H,11-17H2,1-4H3/t22-,23-,24+,25+,26-,28-,29-,30-/m0/s1. The van der Waals surface area contributed by atoms with Crippen molar-refractivity contribution in [3.05, 3.63) is 47.5 Å². The molecule has 4 fully saturated rings. The Labute approximate surface area is 213 Å². The highest BCUT2D eigenvalue weighted by atomic mass is 16.7. The Bertz CT molecular complexity index is 1140. The Morgan fingerprint density at radius 3 is 2.58 bits per heavy atom. The third kappa shape index (κ3) is 3.36. The summed E-state index contributed by atoms with van der Waals surface area (Å²) in [4.78, 5) is 29.0. The van der Waals surface area contributed by atoms with Crippen LogP contribution in [-0.2, 0) is 19.1 Å². The molecule has 1 aliphatic heterocycles. The molecule has 36 heavy (non-hydrogen) atoms. The Balaban J connectivity index is 1.20. The maximum absolute atomic E-state index is 12.7. The van der Waals surface area contributed by atoms with Crippen LogP contribution in [0.25, 0.3) is 0 Å². The fraction of sp³-hybridized carbons (Fsp3) is 0.633. The minimum Gasteiger partial charge on any atom is -0.458 e. The number of hydrogen-bond acceptors (Lipinski definition) is 6. The number of ether oxygens (including phenoxy) is 2. The van der Waals surface area contributed by atoms with Crippen molar-refractivity contribution in [2.24, 2.45) is 33.7 Å². The van der Waals surface area contributed by atoms with Gasteiger partial charge in [-0.25, -0.2) is 9.59 Å². The van der Waals surface area contributed by atoms with Crippen molar-refractivity contribution in [2.75, 3.05) is 0 Å². The maximum atomic E-state index is 12.7. The number of epoxide rings is 1. The molecule has 0 bridgehead atoms. The van der Waals surface area contributed by atoms with E-state index in [2.05, 4.69) is 25.1 Å². The van der Waals surface area contributed by atoms with Crippen LogP contribution in [0.5, 0.6) is 0 Å². The van der Waals surface area contributed by atoms with E-state index in [1.807, 2.05) is 37.3 Å². The summed E-state index contributed by atoms with van der Waals surface area (Å²) >= 11 is 0. The van der Waals surface area contributed by atoms with Crippen molar-refractivity contribution < 1.29 is 23.9 Å². The van der Waals surface area contributed by atoms with Gasteiger partial charge in [0.1, 0.15) is 11.7 Å². The molecule has 0 aromatic heterocycles. The van der Waals surface area contributed by atoms with E-state index in [4.69, 9.17) is 14.3 Å². The van der Waals surface area contributed by atoms with Crippen molar-refractivity contribution in [1.29, 1.82) is 0 Å². The normalized spacial score (nSPS) is 42.7. The molecule has 5 aliphatic rings. The van der Waals surface area contributed by atoms with Crippen molar-refractivity contribution >= 4 is 17.7 Å². The van der Waals surface area contributed by atoms with Crippen LogP contribution in [0.1, 0.15) is 83.0 Å². The van der Waals surface area contributed by atoms with E-state index in [0.29, 0.717) is 23.3 Å². The van der Waals surface area contributed by atoms with Crippen LogP contribution < -0.4 is 0 Å². The minimum atomic E-state index is -0.394. The molecule has 0 unspecified atom stereocenters. The van der Waals surface area contributed by atoms with Crippen LogP contribution in [0.15, 0.2) is 47.1 Å². The Hall–Kier alpha value is -2.47. The number of hydrogen-bond donors (Lipinski definition) is 0. The molecule has 0 radical (unpaired) electrons. The van der Waals surface area contributed by atoms with Gasteiger partial charge >= 0.3 is 11.9 Å². The Kier molecular flexibility index (Phi) is 5.49. The summed E-state index contributed by atoms with van der Waals surface area (Å²) < 4.78 is 12.3. The van der Waals surface area contributed by atoms with E-state index in [1.165, 1.54) is 18.9 Å². The summed E-state index contributed by atoms with van der Waals surface area (Å²) in [6.45, 7) is 8.19. The van der Waals surface area contributed by atoms with Crippen molar-refractivity contribution in [3.8, 4) is 0 Å². The first kappa shape index (κ1) is 23.9. The molecule has 0 amide bonds. The van der Waals surface area contributed by atoms with Gasteiger partial charge in [-0.15, -0.1) is 0 Å². The summed E-state index contributed by atoms with van der Waals surface area (Å²) in [6, 6.07) is 9.30. The molecule has 1 saturated heterocycles. The molecule has 6 heteroatoms. The SMILES string of the molecule is CC(=O)ON=C(C)[C@]12O[C@H]1C[C@@H]1[C@H]3CC=C4C[C@@H](OC(=O)c5ccccc5)CC[C@]4(C)[C@@H]3CC[C@@]12C. The fourth-order valence-corrected chi connectivity index (χ4v) is 8.81. The second kappa shape index (κ2) is 8.27. The van der Waals surface area contributed by atoms with Gasteiger partial charge in [0.15, 0.2) is 0 Å². The van der Waals surface area contributed by atoms with Gasteiger partial charge in [-0.3, -0.25) is 0 Å².